The summed E-state index contributed by atoms with van der Waals surface area (Å²) in [6.45, 7) is 0. The van der Waals surface area contributed by atoms with Crippen LogP contribution < -0.4 is 15.8 Å². The van der Waals surface area contributed by atoms with Crippen LogP contribution in [0.1, 0.15) is 29.5 Å². The van der Waals surface area contributed by atoms with Gasteiger partial charge in [-0.2, -0.15) is 0 Å². The Labute approximate surface area is 184 Å². The molecule has 0 fully saturated rings. The summed E-state index contributed by atoms with van der Waals surface area (Å²) in [7, 11) is 0. The molecule has 0 amide bonds. The van der Waals surface area contributed by atoms with Crippen molar-refractivity contribution >= 4 is 40.0 Å². The van der Waals surface area contributed by atoms with E-state index >= 15 is 0 Å². The lowest BCUT2D eigenvalue weighted by Crippen LogP contribution is -2.20. The van der Waals surface area contributed by atoms with Crippen LogP contribution in [0.25, 0.3) is 12.2 Å². The summed E-state index contributed by atoms with van der Waals surface area (Å²) in [6.07, 6.45) is 15.0. The van der Waals surface area contributed by atoms with E-state index in [1.807, 2.05) is 36.7 Å². The van der Waals surface area contributed by atoms with Gasteiger partial charge in [0, 0.05) is 34.3 Å². The van der Waals surface area contributed by atoms with E-state index in [4.69, 9.17) is 0 Å². The van der Waals surface area contributed by atoms with Crippen molar-refractivity contribution in [2.75, 3.05) is 5.32 Å². The first kappa shape index (κ1) is 19.1. The van der Waals surface area contributed by atoms with Crippen molar-refractivity contribution < 1.29 is 0 Å². The van der Waals surface area contributed by atoms with Crippen molar-refractivity contribution in [2.24, 2.45) is 4.99 Å². The highest BCUT2D eigenvalue weighted by Gasteiger charge is 2.11. The number of benzene rings is 3. The number of hydrogen-bond acceptors (Lipinski definition) is 2. The lowest BCUT2D eigenvalue weighted by molar-refractivity contribution is 0.824. The molecule has 30 heavy (non-hydrogen) atoms. The van der Waals surface area contributed by atoms with Gasteiger partial charge < -0.3 is 5.32 Å². The number of anilines is 1. The van der Waals surface area contributed by atoms with E-state index in [1.165, 1.54) is 44.6 Å². The van der Waals surface area contributed by atoms with Crippen molar-refractivity contribution in [3.05, 3.63) is 109 Å². The molecular weight excluding hydrogens is 432 g/mol. The standard InChI is InChI=1S/C18H15Br.C9H8N2/c19-18-7-3-6-14-16-9-8-12-4-1-2-5-13(12)15(16)10-11-17(14)18;1-2-4-9-8(3-1)7-10-5-6-11-9/h3-4,6-9,11H,1-2,5,10H2;1-7,11H. The molecule has 1 N–H and O–H groups in total. The van der Waals surface area contributed by atoms with Crippen molar-refractivity contribution in [2.45, 2.75) is 25.7 Å². The van der Waals surface area contributed by atoms with Crippen LogP contribution in [-0.2, 0) is 12.8 Å². The summed E-state index contributed by atoms with van der Waals surface area (Å²) in [5.74, 6) is 0. The number of hydrogen-bond donors (Lipinski definition) is 1. The molecule has 148 valence electrons. The molecule has 0 aromatic heterocycles. The summed E-state index contributed by atoms with van der Waals surface area (Å²) in [6, 6.07) is 19.2. The highest BCUT2D eigenvalue weighted by molar-refractivity contribution is 9.10. The summed E-state index contributed by atoms with van der Waals surface area (Å²) in [4.78, 5) is 4.04. The van der Waals surface area contributed by atoms with Crippen LogP contribution in [0.5, 0.6) is 0 Å². The lowest BCUT2D eigenvalue weighted by atomic mass is 9.89. The summed E-state index contributed by atoms with van der Waals surface area (Å²) in [5, 5.41) is 8.76. The molecule has 0 atom stereocenters. The Kier molecular flexibility index (Phi) is 5.37. The Morgan fingerprint density at radius 1 is 0.867 bits per heavy atom. The minimum atomic E-state index is 1.07. The Balaban J connectivity index is 0.000000149. The average molecular weight is 455 g/mol. The van der Waals surface area contributed by atoms with Crippen molar-refractivity contribution in [1.29, 1.82) is 0 Å². The van der Waals surface area contributed by atoms with Crippen LogP contribution in [-0.4, -0.2) is 6.21 Å². The predicted molar refractivity (Wildman–Crippen MR) is 130 cm³/mol. The van der Waals surface area contributed by atoms with E-state index in [0.29, 0.717) is 0 Å². The molecule has 0 unspecified atom stereocenters. The van der Waals surface area contributed by atoms with Gasteiger partial charge in [0.25, 0.3) is 0 Å². The molecule has 0 radical (unpaired) electrons. The van der Waals surface area contributed by atoms with Crippen molar-refractivity contribution in [1.82, 2.24) is 0 Å². The molecule has 1 heterocycles. The van der Waals surface area contributed by atoms with Crippen molar-refractivity contribution in [3.8, 4) is 0 Å². The molecule has 2 aliphatic carbocycles. The Hall–Kier alpha value is -2.91. The molecular formula is C27H23BrN2. The van der Waals surface area contributed by atoms with Gasteiger partial charge in [-0.05, 0) is 69.8 Å². The second-order valence-corrected chi connectivity index (χ2v) is 8.54. The lowest BCUT2D eigenvalue weighted by Gasteiger charge is -2.16. The number of rotatable bonds is 0. The first-order valence-electron chi connectivity index (χ1n) is 10.4. The van der Waals surface area contributed by atoms with Gasteiger partial charge >= 0.3 is 0 Å². The number of fused-ring (bicyclic) bond motifs is 5. The first-order chi connectivity index (χ1) is 14.8. The number of halogens is 1. The van der Waals surface area contributed by atoms with Gasteiger partial charge in [-0.25, -0.2) is 0 Å². The van der Waals surface area contributed by atoms with Gasteiger partial charge in [-0.3, -0.25) is 4.99 Å². The van der Waals surface area contributed by atoms with Gasteiger partial charge in [0.15, 0.2) is 0 Å². The average Bonchev–Trinajstić information content (AvgIpc) is 3.05. The number of aliphatic imine (C=N–C) groups is 1. The topological polar surface area (TPSA) is 24.4 Å². The maximum atomic E-state index is 4.04. The Morgan fingerprint density at radius 2 is 1.80 bits per heavy atom. The van der Waals surface area contributed by atoms with E-state index in [1.54, 1.807) is 17.3 Å². The molecule has 3 aliphatic rings. The normalized spacial score (nSPS) is 14.8. The molecule has 1 aliphatic heterocycles. The number of nitrogens with zero attached hydrogens (tertiary/aromatic N) is 1. The van der Waals surface area contributed by atoms with Gasteiger partial charge in [0.05, 0.1) is 0 Å². The minimum Gasteiger partial charge on any atom is -0.360 e. The third-order valence-corrected chi connectivity index (χ3v) is 6.58. The molecule has 0 bridgehead atoms. The van der Waals surface area contributed by atoms with Crippen LogP contribution in [0.15, 0.2) is 76.5 Å². The van der Waals surface area contributed by atoms with Crippen LogP contribution in [0, 0.1) is 10.4 Å². The monoisotopic (exact) mass is 454 g/mol. The molecule has 3 aromatic carbocycles. The fraction of sp³-hybridized carbons (Fsp3) is 0.148. The maximum Gasteiger partial charge on any atom is 0.0469 e. The zero-order valence-corrected chi connectivity index (χ0v) is 18.3. The largest absolute Gasteiger partial charge is 0.360 e. The molecule has 0 saturated carbocycles. The zero-order chi connectivity index (χ0) is 20.3. The van der Waals surface area contributed by atoms with Crippen LogP contribution in [0.2, 0.25) is 0 Å². The summed E-state index contributed by atoms with van der Waals surface area (Å²) in [5.41, 5.74) is 5.37. The van der Waals surface area contributed by atoms with Gasteiger partial charge in [0.2, 0.25) is 0 Å². The number of para-hydroxylation sites is 1. The first-order valence-corrected chi connectivity index (χ1v) is 11.2. The number of nitrogens with one attached hydrogen (secondary N) is 1. The quantitative estimate of drug-likeness (QED) is 0.496. The SMILES string of the molecule is Brc1cccc2c1=CCc1c3c(ccc1=2)=CCCC3.C1=CNc2ccccc2C=N1. The van der Waals surface area contributed by atoms with E-state index in [0.717, 1.165) is 17.7 Å². The minimum absolute atomic E-state index is 1.07. The molecule has 0 saturated heterocycles. The van der Waals surface area contributed by atoms with E-state index in [-0.39, 0.29) is 0 Å². The van der Waals surface area contributed by atoms with E-state index in [2.05, 4.69) is 68.7 Å². The fourth-order valence-electron chi connectivity index (χ4n) is 4.44. The second-order valence-electron chi connectivity index (χ2n) is 7.69. The van der Waals surface area contributed by atoms with Gasteiger partial charge in [-0.15, -0.1) is 0 Å². The molecule has 6 rings (SSSR count). The summed E-state index contributed by atoms with van der Waals surface area (Å²) >= 11 is 3.67. The van der Waals surface area contributed by atoms with Gasteiger partial charge in [-0.1, -0.05) is 70.5 Å². The van der Waals surface area contributed by atoms with Gasteiger partial charge in [0.1, 0.15) is 0 Å². The fourth-order valence-corrected chi connectivity index (χ4v) is 4.97. The third kappa shape index (κ3) is 3.66. The summed E-state index contributed by atoms with van der Waals surface area (Å²) < 4.78 is 1.21. The van der Waals surface area contributed by atoms with E-state index < -0.39 is 0 Å². The van der Waals surface area contributed by atoms with Crippen LogP contribution in [0.3, 0.4) is 0 Å². The van der Waals surface area contributed by atoms with E-state index in [9.17, 15) is 0 Å². The second kappa shape index (κ2) is 8.45. The highest BCUT2D eigenvalue weighted by Crippen LogP contribution is 2.18. The Morgan fingerprint density at radius 3 is 2.77 bits per heavy atom. The smallest absolute Gasteiger partial charge is 0.0469 e. The van der Waals surface area contributed by atoms with Crippen molar-refractivity contribution in [3.63, 3.8) is 0 Å². The molecule has 3 aromatic rings. The van der Waals surface area contributed by atoms with Crippen LogP contribution in [0.4, 0.5) is 5.69 Å². The molecule has 0 spiro atoms. The third-order valence-electron chi connectivity index (χ3n) is 5.89. The maximum absolute atomic E-state index is 4.04. The zero-order valence-electron chi connectivity index (χ0n) is 16.7. The van der Waals surface area contributed by atoms with Crippen LogP contribution >= 0.6 is 15.9 Å². The predicted octanol–water partition coefficient (Wildman–Crippen LogP) is 5.19. The Bertz CT molecular complexity index is 1380. The molecule has 3 heteroatoms. The molecule has 2 nitrogen and oxygen atoms in total. The highest BCUT2D eigenvalue weighted by atomic mass is 79.9.